The molecule has 0 rings (SSSR count). The van der Waals surface area contributed by atoms with Crippen molar-refractivity contribution in [3.8, 4) is 0 Å². The van der Waals surface area contributed by atoms with Gasteiger partial charge in [0.15, 0.2) is 0 Å². The number of hydrogen-bond donors (Lipinski definition) is 3. The fraction of sp³-hybridized carbons (Fsp3) is 0.906. The summed E-state index contributed by atoms with van der Waals surface area (Å²) in [5.41, 5.74) is 0. The van der Waals surface area contributed by atoms with Crippen LogP contribution in [-0.2, 0) is 4.79 Å². The van der Waals surface area contributed by atoms with Crippen molar-refractivity contribution in [3.05, 3.63) is 12.2 Å². The number of aliphatic hydroxyl groups excluding tert-OH is 2. The van der Waals surface area contributed by atoms with Gasteiger partial charge in [0.1, 0.15) is 0 Å². The minimum absolute atomic E-state index is 0.0823. The SMILES string of the molecule is CCCCCCCCCCCCCCCCCCCC/C=C/C(O)C(CO)NC(=O)CCCCCC. The Morgan fingerprint density at radius 3 is 1.44 bits per heavy atom. The number of aliphatic hydroxyl groups is 2. The van der Waals surface area contributed by atoms with Crippen molar-refractivity contribution in [2.45, 2.75) is 180 Å². The van der Waals surface area contributed by atoms with Crippen LogP contribution in [-0.4, -0.2) is 34.9 Å². The molecule has 0 bridgehead atoms. The average Bonchev–Trinajstić information content (AvgIpc) is 2.88. The summed E-state index contributed by atoms with van der Waals surface area (Å²) < 4.78 is 0. The van der Waals surface area contributed by atoms with E-state index in [1.165, 1.54) is 109 Å². The summed E-state index contributed by atoms with van der Waals surface area (Å²) in [6.07, 6.45) is 33.3. The molecule has 0 aromatic heterocycles. The van der Waals surface area contributed by atoms with Crippen LogP contribution >= 0.6 is 0 Å². The molecule has 0 aliphatic rings. The molecule has 2 unspecified atom stereocenters. The van der Waals surface area contributed by atoms with E-state index in [2.05, 4.69) is 19.2 Å². The van der Waals surface area contributed by atoms with Gasteiger partial charge in [-0.15, -0.1) is 0 Å². The first-order chi connectivity index (χ1) is 17.7. The van der Waals surface area contributed by atoms with E-state index in [1.807, 2.05) is 6.08 Å². The molecule has 0 fully saturated rings. The number of rotatable bonds is 28. The summed E-state index contributed by atoms with van der Waals surface area (Å²) in [6, 6.07) is -0.611. The predicted octanol–water partition coefficient (Wildman–Crippen LogP) is 8.78. The first kappa shape index (κ1) is 35.1. The molecule has 4 heteroatoms. The van der Waals surface area contributed by atoms with Gasteiger partial charge in [0, 0.05) is 6.42 Å². The maximum absolute atomic E-state index is 12.0. The number of allylic oxidation sites excluding steroid dienone is 1. The topological polar surface area (TPSA) is 69.6 Å². The molecule has 0 heterocycles. The molecule has 4 nitrogen and oxygen atoms in total. The van der Waals surface area contributed by atoms with Crippen molar-refractivity contribution < 1.29 is 15.0 Å². The van der Waals surface area contributed by atoms with Crippen molar-refractivity contribution in [3.63, 3.8) is 0 Å². The highest BCUT2D eigenvalue weighted by Gasteiger charge is 2.17. The first-order valence-corrected chi connectivity index (χ1v) is 15.9. The lowest BCUT2D eigenvalue weighted by Gasteiger charge is -2.19. The lowest BCUT2D eigenvalue weighted by atomic mass is 10.0. The van der Waals surface area contributed by atoms with Crippen LogP contribution < -0.4 is 5.32 Å². The van der Waals surface area contributed by atoms with Crippen LogP contribution in [0.4, 0.5) is 0 Å². The van der Waals surface area contributed by atoms with Crippen molar-refractivity contribution in [1.29, 1.82) is 0 Å². The van der Waals surface area contributed by atoms with Gasteiger partial charge >= 0.3 is 0 Å². The summed E-state index contributed by atoms with van der Waals surface area (Å²) in [7, 11) is 0. The van der Waals surface area contributed by atoms with Gasteiger partial charge in [-0.3, -0.25) is 4.79 Å². The minimum Gasteiger partial charge on any atom is -0.394 e. The Hall–Kier alpha value is -0.870. The van der Waals surface area contributed by atoms with Gasteiger partial charge in [0.2, 0.25) is 5.91 Å². The van der Waals surface area contributed by atoms with Crippen molar-refractivity contribution in [2.24, 2.45) is 0 Å². The largest absolute Gasteiger partial charge is 0.394 e. The van der Waals surface area contributed by atoms with Gasteiger partial charge in [-0.1, -0.05) is 154 Å². The van der Waals surface area contributed by atoms with Crippen LogP contribution in [0.5, 0.6) is 0 Å². The van der Waals surface area contributed by atoms with Gasteiger partial charge in [-0.25, -0.2) is 0 Å². The molecule has 3 N–H and O–H groups in total. The molecule has 214 valence electrons. The molecule has 2 atom stereocenters. The fourth-order valence-electron chi connectivity index (χ4n) is 4.76. The zero-order valence-electron chi connectivity index (χ0n) is 24.3. The summed E-state index contributed by atoms with van der Waals surface area (Å²) >= 11 is 0. The zero-order valence-corrected chi connectivity index (χ0v) is 24.3. The fourth-order valence-corrected chi connectivity index (χ4v) is 4.76. The monoisotopic (exact) mass is 509 g/mol. The van der Waals surface area contributed by atoms with E-state index < -0.39 is 12.1 Å². The number of amides is 1. The summed E-state index contributed by atoms with van der Waals surface area (Å²) in [5.74, 6) is -0.0823. The van der Waals surface area contributed by atoms with Crippen LogP contribution in [0.1, 0.15) is 168 Å². The molecule has 0 spiro atoms. The highest BCUT2D eigenvalue weighted by Crippen LogP contribution is 2.14. The highest BCUT2D eigenvalue weighted by molar-refractivity contribution is 5.76. The van der Waals surface area contributed by atoms with Crippen LogP contribution in [0.2, 0.25) is 0 Å². The maximum Gasteiger partial charge on any atom is 0.220 e. The Balaban J connectivity index is 3.48. The quantitative estimate of drug-likeness (QED) is 0.0729. The second-order valence-electron chi connectivity index (χ2n) is 10.9. The number of nitrogens with one attached hydrogen (secondary N) is 1. The lowest BCUT2D eigenvalue weighted by molar-refractivity contribution is -0.123. The Labute approximate surface area is 225 Å². The second kappa shape index (κ2) is 28.7. The Morgan fingerprint density at radius 2 is 1.03 bits per heavy atom. The van der Waals surface area contributed by atoms with Crippen molar-refractivity contribution in [2.75, 3.05) is 6.61 Å². The maximum atomic E-state index is 12.0. The van der Waals surface area contributed by atoms with Gasteiger partial charge in [-0.05, 0) is 19.3 Å². The normalized spacial score (nSPS) is 13.3. The first-order valence-electron chi connectivity index (χ1n) is 15.9. The average molecular weight is 510 g/mol. The Bertz CT molecular complexity index is 480. The van der Waals surface area contributed by atoms with E-state index >= 15 is 0 Å². The van der Waals surface area contributed by atoms with Crippen LogP contribution in [0, 0.1) is 0 Å². The van der Waals surface area contributed by atoms with Gasteiger partial charge in [-0.2, -0.15) is 0 Å². The third-order valence-corrected chi connectivity index (χ3v) is 7.27. The molecule has 0 aliphatic carbocycles. The molecule has 36 heavy (non-hydrogen) atoms. The van der Waals surface area contributed by atoms with Gasteiger partial charge < -0.3 is 15.5 Å². The Kier molecular flexibility index (Phi) is 28.0. The van der Waals surface area contributed by atoms with E-state index in [0.29, 0.717) is 6.42 Å². The number of hydrogen-bond acceptors (Lipinski definition) is 3. The summed E-state index contributed by atoms with van der Waals surface area (Å²) in [4.78, 5) is 12.0. The van der Waals surface area contributed by atoms with Gasteiger partial charge in [0.25, 0.3) is 0 Å². The molecular weight excluding hydrogens is 446 g/mol. The van der Waals surface area contributed by atoms with E-state index in [-0.39, 0.29) is 12.5 Å². The Morgan fingerprint density at radius 1 is 0.639 bits per heavy atom. The minimum atomic E-state index is -0.829. The third kappa shape index (κ3) is 24.8. The molecular formula is C32H63NO3. The summed E-state index contributed by atoms with van der Waals surface area (Å²) in [6.45, 7) is 4.18. The molecule has 0 aromatic rings. The molecule has 0 radical (unpaired) electrons. The molecule has 0 saturated carbocycles. The highest BCUT2D eigenvalue weighted by atomic mass is 16.3. The lowest BCUT2D eigenvalue weighted by Crippen LogP contribution is -2.45. The molecule has 0 aromatic carbocycles. The second-order valence-corrected chi connectivity index (χ2v) is 10.9. The van der Waals surface area contributed by atoms with Crippen LogP contribution in [0.25, 0.3) is 0 Å². The number of unbranched alkanes of at least 4 members (excludes halogenated alkanes) is 21. The van der Waals surface area contributed by atoms with Gasteiger partial charge in [0.05, 0.1) is 18.8 Å². The van der Waals surface area contributed by atoms with Crippen LogP contribution in [0.15, 0.2) is 12.2 Å². The molecule has 1 amide bonds. The van der Waals surface area contributed by atoms with E-state index in [1.54, 1.807) is 6.08 Å². The molecule has 0 saturated heterocycles. The molecule has 0 aliphatic heterocycles. The van der Waals surface area contributed by atoms with Crippen molar-refractivity contribution >= 4 is 5.91 Å². The zero-order chi connectivity index (χ0) is 26.5. The van der Waals surface area contributed by atoms with E-state index in [9.17, 15) is 15.0 Å². The third-order valence-electron chi connectivity index (χ3n) is 7.27. The van der Waals surface area contributed by atoms with E-state index in [4.69, 9.17) is 0 Å². The standard InChI is InChI=1S/C32H63NO3/c1-3-5-7-9-10-11-12-13-14-15-16-17-18-19-20-21-22-23-24-25-27-31(35)30(29-34)33-32(36)28-26-8-6-4-2/h25,27,30-31,34-35H,3-24,26,28-29H2,1-2H3,(H,33,36)/b27-25+. The van der Waals surface area contributed by atoms with Crippen LogP contribution in [0.3, 0.4) is 0 Å². The number of carbonyl (C=O) groups is 1. The predicted molar refractivity (Wildman–Crippen MR) is 156 cm³/mol. The van der Waals surface area contributed by atoms with E-state index in [0.717, 1.165) is 38.5 Å². The van der Waals surface area contributed by atoms with Crippen molar-refractivity contribution in [1.82, 2.24) is 5.32 Å². The smallest absolute Gasteiger partial charge is 0.220 e. The summed E-state index contributed by atoms with van der Waals surface area (Å²) in [5, 5.41) is 22.5. The number of carbonyl (C=O) groups excluding carboxylic acids is 1.